The lowest BCUT2D eigenvalue weighted by molar-refractivity contribution is -0.159. The van der Waals surface area contributed by atoms with Crippen LogP contribution >= 0.6 is 0 Å². The van der Waals surface area contributed by atoms with Crippen molar-refractivity contribution in [2.45, 2.75) is 39.5 Å². The van der Waals surface area contributed by atoms with Crippen LogP contribution in [0, 0.1) is 0 Å². The molecule has 0 N–H and O–H groups in total. The van der Waals surface area contributed by atoms with Gasteiger partial charge < -0.3 is 4.74 Å². The van der Waals surface area contributed by atoms with Gasteiger partial charge in [0.15, 0.2) is 0 Å². The highest BCUT2D eigenvalue weighted by molar-refractivity contribution is 5.85. The Hall–Kier alpha value is -1.71. The molecule has 0 bridgehead atoms. The Morgan fingerprint density at radius 1 is 0.941 bits per heavy atom. The Balaban J connectivity index is 0.000000354. The number of hydrogen-bond acceptors (Lipinski definition) is 4. The van der Waals surface area contributed by atoms with Crippen molar-refractivity contribution in [1.82, 2.24) is 4.98 Å². The molecule has 0 aliphatic rings. The molecule has 0 spiro atoms. The van der Waals surface area contributed by atoms with Gasteiger partial charge in [-0.05, 0) is 25.0 Å². The summed E-state index contributed by atoms with van der Waals surface area (Å²) in [5.41, 5.74) is 0. The van der Waals surface area contributed by atoms with E-state index in [0.29, 0.717) is 12.8 Å². The fourth-order valence-electron chi connectivity index (χ4n) is 0.950. The Morgan fingerprint density at radius 2 is 1.41 bits per heavy atom. The highest BCUT2D eigenvalue weighted by atomic mass is 16.6. The summed E-state index contributed by atoms with van der Waals surface area (Å²) < 4.78 is 4.45. The normalized spacial score (nSPS) is 8.82. The van der Waals surface area contributed by atoms with E-state index in [9.17, 15) is 9.59 Å². The van der Waals surface area contributed by atoms with Crippen molar-refractivity contribution in [3.63, 3.8) is 0 Å². The largest absolute Gasteiger partial charge is 0.393 e. The van der Waals surface area contributed by atoms with Crippen LogP contribution in [0.15, 0.2) is 30.6 Å². The molecule has 1 rings (SSSR count). The molecular weight excluding hydrogens is 218 g/mol. The van der Waals surface area contributed by atoms with E-state index in [1.165, 1.54) is 0 Å². The molecule has 0 atom stereocenters. The Morgan fingerprint density at radius 3 is 1.65 bits per heavy atom. The van der Waals surface area contributed by atoms with Gasteiger partial charge in [0, 0.05) is 25.2 Å². The van der Waals surface area contributed by atoms with Crippen LogP contribution in [0.5, 0.6) is 0 Å². The summed E-state index contributed by atoms with van der Waals surface area (Å²) in [6.45, 7) is 3.73. The average molecular weight is 237 g/mol. The Labute approximate surface area is 102 Å². The Bertz CT molecular complexity index is 269. The lowest BCUT2D eigenvalue weighted by Crippen LogP contribution is -2.10. The first-order valence-electron chi connectivity index (χ1n) is 5.79. The number of esters is 2. The third-order valence-corrected chi connectivity index (χ3v) is 1.70. The van der Waals surface area contributed by atoms with E-state index in [4.69, 9.17) is 0 Å². The van der Waals surface area contributed by atoms with Gasteiger partial charge in [-0.1, -0.05) is 19.9 Å². The first kappa shape index (κ1) is 15.3. The molecule has 4 heteroatoms. The molecule has 0 fully saturated rings. The minimum absolute atomic E-state index is 0.329. The quantitative estimate of drug-likeness (QED) is 0.596. The smallest absolute Gasteiger partial charge is 0.313 e. The molecule has 0 aliphatic carbocycles. The van der Waals surface area contributed by atoms with Gasteiger partial charge >= 0.3 is 11.9 Å². The minimum Gasteiger partial charge on any atom is -0.393 e. The summed E-state index contributed by atoms with van der Waals surface area (Å²) in [6, 6.07) is 5.72. The molecule has 94 valence electrons. The predicted molar refractivity (Wildman–Crippen MR) is 65.2 cm³/mol. The van der Waals surface area contributed by atoms with Crippen LogP contribution in [-0.4, -0.2) is 16.9 Å². The predicted octanol–water partition coefficient (Wildman–Crippen LogP) is 2.74. The second-order valence-electron chi connectivity index (χ2n) is 3.37. The Kier molecular flexibility index (Phi) is 9.71. The summed E-state index contributed by atoms with van der Waals surface area (Å²) >= 11 is 0. The van der Waals surface area contributed by atoms with Crippen molar-refractivity contribution in [2.75, 3.05) is 0 Å². The topological polar surface area (TPSA) is 56.3 Å². The van der Waals surface area contributed by atoms with Gasteiger partial charge in [0.1, 0.15) is 0 Å². The highest BCUT2D eigenvalue weighted by Crippen LogP contribution is 1.95. The monoisotopic (exact) mass is 237 g/mol. The molecular formula is C13H19NO3. The molecule has 17 heavy (non-hydrogen) atoms. The van der Waals surface area contributed by atoms with E-state index >= 15 is 0 Å². The fraction of sp³-hybridized carbons (Fsp3) is 0.462. The molecule has 1 heterocycles. The lowest BCUT2D eigenvalue weighted by Gasteiger charge is -1.98. The van der Waals surface area contributed by atoms with Crippen LogP contribution in [0.3, 0.4) is 0 Å². The van der Waals surface area contributed by atoms with Gasteiger partial charge in [-0.25, -0.2) is 0 Å². The number of rotatable bonds is 4. The molecule has 0 saturated heterocycles. The zero-order valence-electron chi connectivity index (χ0n) is 10.4. The van der Waals surface area contributed by atoms with Crippen LogP contribution in [0.1, 0.15) is 39.5 Å². The zero-order valence-corrected chi connectivity index (χ0v) is 10.4. The van der Waals surface area contributed by atoms with E-state index in [-0.39, 0.29) is 0 Å². The van der Waals surface area contributed by atoms with Gasteiger partial charge in [0.25, 0.3) is 0 Å². The third-order valence-electron chi connectivity index (χ3n) is 1.70. The lowest BCUT2D eigenvalue weighted by atomic mass is 10.3. The van der Waals surface area contributed by atoms with E-state index in [1.54, 1.807) is 12.4 Å². The summed E-state index contributed by atoms with van der Waals surface area (Å²) in [4.78, 5) is 25.2. The van der Waals surface area contributed by atoms with Crippen LogP contribution in [0.2, 0.25) is 0 Å². The molecule has 0 aromatic carbocycles. The zero-order chi connectivity index (χ0) is 12.9. The number of ether oxygens (including phenoxy) is 1. The number of carbonyl (C=O) groups excluding carboxylic acids is 2. The maximum Gasteiger partial charge on any atom is 0.313 e. The summed E-state index contributed by atoms with van der Waals surface area (Å²) in [5, 5.41) is 0. The van der Waals surface area contributed by atoms with Crippen molar-refractivity contribution in [3.8, 4) is 0 Å². The third kappa shape index (κ3) is 10.6. The molecule has 0 saturated carbocycles. The maximum absolute atomic E-state index is 10.7. The molecule has 0 aliphatic heterocycles. The average Bonchev–Trinajstić information content (AvgIpc) is 2.32. The van der Waals surface area contributed by atoms with Crippen LogP contribution in [-0.2, 0) is 14.3 Å². The standard InChI is InChI=1S/C8H14O3.C5H5N/c1-3-5-7(9)11-8(10)6-4-2;1-2-4-6-5-3-1/h3-6H2,1-2H3;1-5H. The first-order chi connectivity index (χ1) is 8.20. The van der Waals surface area contributed by atoms with Crippen molar-refractivity contribution in [2.24, 2.45) is 0 Å². The van der Waals surface area contributed by atoms with Crippen LogP contribution in [0.25, 0.3) is 0 Å². The van der Waals surface area contributed by atoms with E-state index in [0.717, 1.165) is 12.8 Å². The summed E-state index contributed by atoms with van der Waals surface area (Å²) in [7, 11) is 0. The summed E-state index contributed by atoms with van der Waals surface area (Å²) in [6.07, 6.45) is 5.60. The maximum atomic E-state index is 10.7. The molecule has 0 radical (unpaired) electrons. The van der Waals surface area contributed by atoms with Crippen molar-refractivity contribution < 1.29 is 14.3 Å². The number of nitrogens with zero attached hydrogens (tertiary/aromatic N) is 1. The van der Waals surface area contributed by atoms with Crippen molar-refractivity contribution >= 4 is 11.9 Å². The molecule has 0 unspecified atom stereocenters. The molecule has 0 amide bonds. The number of pyridine rings is 1. The van der Waals surface area contributed by atoms with E-state index < -0.39 is 11.9 Å². The minimum atomic E-state index is -0.411. The SMILES string of the molecule is CCCC(=O)OC(=O)CCC.c1ccncc1. The summed E-state index contributed by atoms with van der Waals surface area (Å²) in [5.74, 6) is -0.822. The highest BCUT2D eigenvalue weighted by Gasteiger charge is 2.06. The van der Waals surface area contributed by atoms with Gasteiger partial charge in [-0.3, -0.25) is 14.6 Å². The van der Waals surface area contributed by atoms with Gasteiger partial charge in [0.2, 0.25) is 0 Å². The van der Waals surface area contributed by atoms with Crippen LogP contribution in [0.4, 0.5) is 0 Å². The van der Waals surface area contributed by atoms with Crippen LogP contribution < -0.4 is 0 Å². The van der Waals surface area contributed by atoms with Gasteiger partial charge in [-0.15, -0.1) is 0 Å². The fourth-order valence-corrected chi connectivity index (χ4v) is 0.950. The molecule has 4 nitrogen and oxygen atoms in total. The number of aromatic nitrogens is 1. The second kappa shape index (κ2) is 10.8. The molecule has 1 aromatic rings. The molecule has 1 aromatic heterocycles. The first-order valence-corrected chi connectivity index (χ1v) is 5.79. The van der Waals surface area contributed by atoms with Gasteiger partial charge in [-0.2, -0.15) is 0 Å². The number of carbonyl (C=O) groups is 2. The number of hydrogen-bond donors (Lipinski definition) is 0. The second-order valence-corrected chi connectivity index (χ2v) is 3.37. The van der Waals surface area contributed by atoms with E-state index in [2.05, 4.69) is 9.72 Å². The van der Waals surface area contributed by atoms with Crippen molar-refractivity contribution in [3.05, 3.63) is 30.6 Å². The van der Waals surface area contributed by atoms with Gasteiger partial charge in [0.05, 0.1) is 0 Å². The van der Waals surface area contributed by atoms with Crippen molar-refractivity contribution in [1.29, 1.82) is 0 Å². The van der Waals surface area contributed by atoms with E-state index in [1.807, 2.05) is 32.0 Å².